The zero-order valence-electron chi connectivity index (χ0n) is 14.3. The molecule has 0 spiro atoms. The number of fused-ring (bicyclic) bond motifs is 1. The molecule has 126 valence electrons. The van der Waals surface area contributed by atoms with Gasteiger partial charge >= 0.3 is 0 Å². The van der Waals surface area contributed by atoms with Gasteiger partial charge in [0.15, 0.2) is 0 Å². The number of hydrogen-bond acceptors (Lipinski definition) is 2. The van der Waals surface area contributed by atoms with Crippen molar-refractivity contribution in [1.82, 2.24) is 4.90 Å². The van der Waals surface area contributed by atoms with E-state index >= 15 is 0 Å². The Kier molecular flexibility index (Phi) is 4.28. The second kappa shape index (κ2) is 6.56. The molecular weight excluding hydrogens is 298 g/mol. The zero-order chi connectivity index (χ0) is 16.5. The van der Waals surface area contributed by atoms with Crippen molar-refractivity contribution in [1.29, 1.82) is 0 Å². The van der Waals surface area contributed by atoms with Gasteiger partial charge in [-0.15, -0.1) is 0 Å². The van der Waals surface area contributed by atoms with Crippen LogP contribution in [0.5, 0.6) is 0 Å². The fourth-order valence-electron chi connectivity index (χ4n) is 4.03. The molecule has 3 nitrogen and oxygen atoms in total. The largest absolute Gasteiger partial charge is 0.381 e. The molecule has 2 aromatic rings. The Bertz CT molecular complexity index is 730. The minimum Gasteiger partial charge on any atom is -0.381 e. The van der Waals surface area contributed by atoms with E-state index in [9.17, 15) is 4.79 Å². The summed E-state index contributed by atoms with van der Waals surface area (Å²) in [7, 11) is 0. The molecule has 24 heavy (non-hydrogen) atoms. The number of rotatable bonds is 5. The van der Waals surface area contributed by atoms with Crippen molar-refractivity contribution in [2.24, 2.45) is 11.8 Å². The maximum atomic E-state index is 12.9. The van der Waals surface area contributed by atoms with E-state index in [1.807, 2.05) is 0 Å². The molecule has 0 bridgehead atoms. The Morgan fingerprint density at radius 2 is 2.04 bits per heavy atom. The van der Waals surface area contributed by atoms with Gasteiger partial charge in [-0.2, -0.15) is 0 Å². The Hall–Kier alpha value is -1.87. The van der Waals surface area contributed by atoms with E-state index in [1.54, 1.807) is 0 Å². The van der Waals surface area contributed by atoms with Crippen molar-refractivity contribution in [3.8, 4) is 0 Å². The van der Waals surface area contributed by atoms with Crippen LogP contribution in [-0.2, 0) is 9.53 Å². The molecule has 0 radical (unpaired) electrons. The Labute approximate surface area is 143 Å². The third kappa shape index (κ3) is 2.93. The lowest BCUT2D eigenvalue weighted by molar-refractivity contribution is -0.133. The van der Waals surface area contributed by atoms with Crippen LogP contribution in [0, 0.1) is 11.8 Å². The number of nitrogens with zero attached hydrogens (tertiary/aromatic N) is 1. The molecule has 2 fully saturated rings. The van der Waals surface area contributed by atoms with Crippen LogP contribution in [0.4, 0.5) is 0 Å². The predicted molar refractivity (Wildman–Crippen MR) is 96.0 cm³/mol. The minimum atomic E-state index is 0.165. The summed E-state index contributed by atoms with van der Waals surface area (Å²) in [5, 5.41) is 2.57. The average molecular weight is 323 g/mol. The van der Waals surface area contributed by atoms with Crippen molar-refractivity contribution in [2.45, 2.75) is 25.7 Å². The molecular formula is C21H25NO2. The second-order valence-corrected chi connectivity index (χ2v) is 7.12. The van der Waals surface area contributed by atoms with Crippen LogP contribution in [0.1, 0.15) is 31.2 Å². The Morgan fingerprint density at radius 3 is 2.83 bits per heavy atom. The standard InChI is InChI=1S/C21H25NO2/c1-2-22(13-15-10-11-24-14-15)21(23)20-12-19(20)18-9-5-7-16-6-3-4-8-17(16)18/h3-9,15,19-20H,2,10-14H2,1H3/t15-,19+,20+/m0/s1. The van der Waals surface area contributed by atoms with Gasteiger partial charge in [0.05, 0.1) is 6.61 Å². The summed E-state index contributed by atoms with van der Waals surface area (Å²) in [6.07, 6.45) is 2.08. The van der Waals surface area contributed by atoms with Crippen molar-refractivity contribution >= 4 is 16.7 Å². The number of ether oxygens (including phenoxy) is 1. The molecule has 3 atom stereocenters. The number of benzene rings is 2. The van der Waals surface area contributed by atoms with Crippen LogP contribution >= 0.6 is 0 Å². The van der Waals surface area contributed by atoms with Crippen LogP contribution in [0.15, 0.2) is 42.5 Å². The molecule has 1 aliphatic heterocycles. The topological polar surface area (TPSA) is 29.5 Å². The van der Waals surface area contributed by atoms with Crippen molar-refractivity contribution in [3.05, 3.63) is 48.0 Å². The van der Waals surface area contributed by atoms with Gasteiger partial charge in [0.2, 0.25) is 5.91 Å². The maximum Gasteiger partial charge on any atom is 0.226 e. The lowest BCUT2D eigenvalue weighted by Gasteiger charge is -2.24. The molecule has 4 rings (SSSR count). The first kappa shape index (κ1) is 15.6. The summed E-state index contributed by atoms with van der Waals surface area (Å²) < 4.78 is 5.46. The first-order valence-electron chi connectivity index (χ1n) is 9.12. The third-order valence-electron chi connectivity index (χ3n) is 5.53. The lowest BCUT2D eigenvalue weighted by atomic mass is 10.00. The van der Waals surface area contributed by atoms with E-state index in [-0.39, 0.29) is 5.92 Å². The van der Waals surface area contributed by atoms with Crippen LogP contribution in [0.2, 0.25) is 0 Å². The van der Waals surface area contributed by atoms with E-state index in [0.717, 1.165) is 39.1 Å². The predicted octanol–water partition coefficient (Wildman–Crippen LogP) is 3.83. The van der Waals surface area contributed by atoms with E-state index in [2.05, 4.69) is 54.3 Å². The fourth-order valence-corrected chi connectivity index (χ4v) is 4.03. The Balaban J connectivity index is 1.49. The number of amides is 1. The lowest BCUT2D eigenvalue weighted by Crippen LogP contribution is -2.36. The molecule has 3 heteroatoms. The SMILES string of the molecule is CCN(C[C@@H]1CCOC1)C(=O)[C@@H]1C[C@@H]1c1cccc2ccccc12. The number of hydrogen-bond donors (Lipinski definition) is 0. The highest BCUT2D eigenvalue weighted by Crippen LogP contribution is 2.50. The van der Waals surface area contributed by atoms with E-state index < -0.39 is 0 Å². The van der Waals surface area contributed by atoms with E-state index in [4.69, 9.17) is 4.74 Å². The van der Waals surface area contributed by atoms with Crippen molar-refractivity contribution in [3.63, 3.8) is 0 Å². The molecule has 1 amide bonds. The highest BCUT2D eigenvalue weighted by Gasteiger charge is 2.46. The zero-order valence-corrected chi connectivity index (χ0v) is 14.3. The first-order chi connectivity index (χ1) is 11.8. The van der Waals surface area contributed by atoms with Gasteiger partial charge < -0.3 is 9.64 Å². The molecule has 0 aromatic heterocycles. The highest BCUT2D eigenvalue weighted by molar-refractivity contribution is 5.89. The van der Waals surface area contributed by atoms with Gasteiger partial charge in [-0.1, -0.05) is 42.5 Å². The maximum absolute atomic E-state index is 12.9. The molecule has 1 aliphatic carbocycles. The normalized spacial score (nSPS) is 25.8. The molecule has 0 N–H and O–H groups in total. The summed E-state index contributed by atoms with van der Waals surface area (Å²) in [4.78, 5) is 15.0. The number of carbonyl (C=O) groups is 1. The molecule has 1 saturated carbocycles. The molecule has 2 aliphatic rings. The Morgan fingerprint density at radius 1 is 1.21 bits per heavy atom. The molecule has 2 aromatic carbocycles. The summed E-state index contributed by atoms with van der Waals surface area (Å²) in [6.45, 7) is 5.39. The van der Waals surface area contributed by atoms with E-state index in [1.165, 1.54) is 16.3 Å². The third-order valence-corrected chi connectivity index (χ3v) is 5.53. The van der Waals surface area contributed by atoms with Gasteiger partial charge in [-0.05, 0) is 42.0 Å². The second-order valence-electron chi connectivity index (χ2n) is 7.12. The summed E-state index contributed by atoms with van der Waals surface area (Å²) >= 11 is 0. The highest BCUT2D eigenvalue weighted by atomic mass is 16.5. The van der Waals surface area contributed by atoms with Crippen molar-refractivity contribution < 1.29 is 9.53 Å². The average Bonchev–Trinajstić information content (AvgIpc) is 3.25. The van der Waals surface area contributed by atoms with Gasteiger partial charge in [-0.25, -0.2) is 0 Å². The summed E-state index contributed by atoms with van der Waals surface area (Å²) in [6, 6.07) is 14.9. The van der Waals surface area contributed by atoms with Gasteiger partial charge in [0.1, 0.15) is 0 Å². The molecule has 0 unspecified atom stereocenters. The summed E-state index contributed by atoms with van der Waals surface area (Å²) in [5.74, 6) is 1.40. The van der Waals surface area contributed by atoms with Crippen LogP contribution in [0.25, 0.3) is 10.8 Å². The van der Waals surface area contributed by atoms with Gasteiger partial charge in [0, 0.05) is 31.5 Å². The monoisotopic (exact) mass is 323 g/mol. The summed E-state index contributed by atoms with van der Waals surface area (Å²) in [5.41, 5.74) is 1.34. The minimum absolute atomic E-state index is 0.165. The first-order valence-corrected chi connectivity index (χ1v) is 9.12. The van der Waals surface area contributed by atoms with Gasteiger partial charge in [0.25, 0.3) is 0 Å². The van der Waals surface area contributed by atoms with E-state index in [0.29, 0.717) is 17.7 Å². The van der Waals surface area contributed by atoms with Crippen LogP contribution < -0.4 is 0 Å². The fraction of sp³-hybridized carbons (Fsp3) is 0.476. The van der Waals surface area contributed by atoms with Crippen LogP contribution in [0.3, 0.4) is 0 Å². The van der Waals surface area contributed by atoms with Crippen molar-refractivity contribution in [2.75, 3.05) is 26.3 Å². The molecule has 1 heterocycles. The molecule has 1 saturated heterocycles. The quantitative estimate of drug-likeness (QED) is 0.837. The smallest absolute Gasteiger partial charge is 0.226 e. The van der Waals surface area contributed by atoms with Crippen LogP contribution in [-0.4, -0.2) is 37.1 Å². The number of carbonyl (C=O) groups excluding carboxylic acids is 1. The van der Waals surface area contributed by atoms with Gasteiger partial charge in [-0.3, -0.25) is 4.79 Å².